The third kappa shape index (κ3) is 6.72. The standard InChI is InChI=1S/C27H31N3O6S2/c1-21-10-11-22(20-26(21)37(32,33)29-23-8-4-2-5-9-23)27(31)28-16-19-36-24-12-14-25(15-13-24)38(34,35)30-17-6-3-7-18-30/h2,4-5,8-15,20,29H,3,6-7,16-19H2,1H3,(H,28,31). The normalized spacial score (nSPS) is 14.6. The van der Waals surface area contributed by atoms with Crippen LogP contribution in [-0.2, 0) is 20.0 Å². The van der Waals surface area contributed by atoms with Crippen LogP contribution in [-0.4, -0.2) is 53.3 Å². The van der Waals surface area contributed by atoms with Gasteiger partial charge in [-0.25, -0.2) is 16.8 Å². The molecule has 2 N–H and O–H groups in total. The third-order valence-electron chi connectivity index (χ3n) is 6.20. The molecule has 1 fully saturated rings. The summed E-state index contributed by atoms with van der Waals surface area (Å²) >= 11 is 0. The maximum Gasteiger partial charge on any atom is 0.262 e. The zero-order valence-corrected chi connectivity index (χ0v) is 22.7. The quantitative estimate of drug-likeness (QED) is 0.366. The number of para-hydroxylation sites is 1. The highest BCUT2D eigenvalue weighted by atomic mass is 32.2. The van der Waals surface area contributed by atoms with Crippen LogP contribution in [0, 0.1) is 6.92 Å². The number of rotatable bonds is 10. The number of carbonyl (C=O) groups is 1. The maximum atomic E-state index is 12.9. The van der Waals surface area contributed by atoms with E-state index in [4.69, 9.17) is 4.74 Å². The third-order valence-corrected chi connectivity index (χ3v) is 9.63. The van der Waals surface area contributed by atoms with Gasteiger partial charge in [-0.15, -0.1) is 0 Å². The van der Waals surface area contributed by atoms with E-state index in [1.165, 1.54) is 22.5 Å². The van der Waals surface area contributed by atoms with Crippen molar-refractivity contribution < 1.29 is 26.4 Å². The van der Waals surface area contributed by atoms with Gasteiger partial charge in [0.25, 0.3) is 15.9 Å². The fraction of sp³-hybridized carbons (Fsp3) is 0.296. The molecule has 4 rings (SSSR count). The number of ether oxygens (including phenoxy) is 1. The van der Waals surface area contributed by atoms with Gasteiger partial charge in [-0.2, -0.15) is 4.31 Å². The van der Waals surface area contributed by atoms with Crippen LogP contribution in [0.4, 0.5) is 5.69 Å². The van der Waals surface area contributed by atoms with Crippen LogP contribution in [0.25, 0.3) is 0 Å². The van der Waals surface area contributed by atoms with E-state index < -0.39 is 26.0 Å². The molecule has 0 saturated carbocycles. The van der Waals surface area contributed by atoms with Crippen LogP contribution >= 0.6 is 0 Å². The van der Waals surface area contributed by atoms with Gasteiger partial charge in [0.15, 0.2) is 0 Å². The van der Waals surface area contributed by atoms with Crippen molar-refractivity contribution in [1.82, 2.24) is 9.62 Å². The Morgan fingerprint density at radius 1 is 0.895 bits per heavy atom. The Kier molecular flexibility index (Phi) is 8.70. The molecular weight excluding hydrogens is 526 g/mol. The van der Waals surface area contributed by atoms with Crippen LogP contribution in [0.2, 0.25) is 0 Å². The molecule has 0 radical (unpaired) electrons. The van der Waals surface area contributed by atoms with Gasteiger partial charge in [0.05, 0.1) is 16.3 Å². The fourth-order valence-corrected chi connectivity index (χ4v) is 6.99. The fourth-order valence-electron chi connectivity index (χ4n) is 4.14. The molecule has 0 spiro atoms. The van der Waals surface area contributed by atoms with Gasteiger partial charge in [0, 0.05) is 24.3 Å². The number of sulfonamides is 2. The second kappa shape index (κ2) is 12.0. The first-order valence-electron chi connectivity index (χ1n) is 12.4. The van der Waals surface area contributed by atoms with E-state index in [1.54, 1.807) is 61.5 Å². The molecule has 11 heteroatoms. The van der Waals surface area contributed by atoms with E-state index in [2.05, 4.69) is 10.0 Å². The van der Waals surface area contributed by atoms with Crippen molar-refractivity contribution in [1.29, 1.82) is 0 Å². The van der Waals surface area contributed by atoms with Crippen molar-refractivity contribution in [2.45, 2.75) is 36.0 Å². The van der Waals surface area contributed by atoms with Crippen LogP contribution in [0.15, 0.2) is 82.6 Å². The molecule has 1 saturated heterocycles. The number of carbonyl (C=O) groups excluding carboxylic acids is 1. The predicted molar refractivity (Wildman–Crippen MR) is 145 cm³/mol. The minimum absolute atomic E-state index is 0.0184. The van der Waals surface area contributed by atoms with Crippen molar-refractivity contribution in [3.05, 3.63) is 83.9 Å². The van der Waals surface area contributed by atoms with Crippen molar-refractivity contribution in [2.24, 2.45) is 0 Å². The first-order valence-corrected chi connectivity index (χ1v) is 15.3. The van der Waals surface area contributed by atoms with E-state index in [9.17, 15) is 21.6 Å². The molecule has 1 heterocycles. The average molecular weight is 558 g/mol. The van der Waals surface area contributed by atoms with Gasteiger partial charge in [0.1, 0.15) is 12.4 Å². The summed E-state index contributed by atoms with van der Waals surface area (Å²) in [6.07, 6.45) is 2.79. The molecule has 202 valence electrons. The minimum Gasteiger partial charge on any atom is -0.492 e. The Balaban J connectivity index is 1.31. The molecule has 0 aromatic heterocycles. The molecule has 38 heavy (non-hydrogen) atoms. The predicted octanol–water partition coefficient (Wildman–Crippen LogP) is 3.78. The maximum absolute atomic E-state index is 12.9. The van der Waals surface area contributed by atoms with E-state index in [0.29, 0.717) is 30.1 Å². The molecule has 1 aliphatic rings. The summed E-state index contributed by atoms with van der Waals surface area (Å²) in [7, 11) is -7.39. The number of amides is 1. The van der Waals surface area contributed by atoms with Gasteiger partial charge >= 0.3 is 0 Å². The van der Waals surface area contributed by atoms with E-state index in [1.807, 2.05) is 0 Å². The van der Waals surface area contributed by atoms with E-state index in [-0.39, 0.29) is 28.5 Å². The summed E-state index contributed by atoms with van der Waals surface area (Å²) < 4.78 is 61.0. The number of benzene rings is 3. The molecule has 1 aliphatic heterocycles. The van der Waals surface area contributed by atoms with Gasteiger partial charge in [0.2, 0.25) is 10.0 Å². The number of hydrogen-bond acceptors (Lipinski definition) is 6. The van der Waals surface area contributed by atoms with Crippen LogP contribution in [0.1, 0.15) is 35.2 Å². The lowest BCUT2D eigenvalue weighted by molar-refractivity contribution is 0.0946. The second-order valence-corrected chi connectivity index (χ2v) is 12.6. The molecular formula is C27H31N3O6S2. The van der Waals surface area contributed by atoms with Crippen molar-refractivity contribution in [3.63, 3.8) is 0 Å². The summed E-state index contributed by atoms with van der Waals surface area (Å²) in [6.45, 7) is 3.07. The van der Waals surface area contributed by atoms with Crippen LogP contribution in [0.3, 0.4) is 0 Å². The van der Waals surface area contributed by atoms with Gasteiger partial charge in [-0.3, -0.25) is 9.52 Å². The summed E-state index contributed by atoms with van der Waals surface area (Å²) in [5, 5.41) is 2.71. The van der Waals surface area contributed by atoms with Gasteiger partial charge < -0.3 is 10.1 Å². The first kappa shape index (κ1) is 27.6. The minimum atomic E-state index is -3.88. The van der Waals surface area contributed by atoms with Gasteiger partial charge in [-0.1, -0.05) is 30.7 Å². The summed E-state index contributed by atoms with van der Waals surface area (Å²) in [4.78, 5) is 12.9. The van der Waals surface area contributed by atoms with Crippen LogP contribution < -0.4 is 14.8 Å². The number of piperidine rings is 1. The second-order valence-electron chi connectivity index (χ2n) is 8.99. The number of aryl methyl sites for hydroxylation is 1. The summed E-state index contributed by atoms with van der Waals surface area (Å²) in [5.41, 5.74) is 1.14. The van der Waals surface area contributed by atoms with Crippen molar-refractivity contribution >= 4 is 31.6 Å². The van der Waals surface area contributed by atoms with Crippen molar-refractivity contribution in [3.8, 4) is 5.75 Å². The molecule has 0 bridgehead atoms. The highest BCUT2D eigenvalue weighted by molar-refractivity contribution is 7.92. The van der Waals surface area contributed by atoms with Gasteiger partial charge in [-0.05, 0) is 73.9 Å². The smallest absolute Gasteiger partial charge is 0.262 e. The summed E-state index contributed by atoms with van der Waals surface area (Å²) in [6, 6.07) is 19.3. The summed E-state index contributed by atoms with van der Waals surface area (Å²) in [5.74, 6) is 0.0419. The molecule has 9 nitrogen and oxygen atoms in total. The topological polar surface area (TPSA) is 122 Å². The zero-order valence-electron chi connectivity index (χ0n) is 21.1. The number of nitrogens with zero attached hydrogens (tertiary/aromatic N) is 1. The zero-order chi connectivity index (χ0) is 27.2. The first-order chi connectivity index (χ1) is 18.2. The SMILES string of the molecule is Cc1ccc(C(=O)NCCOc2ccc(S(=O)(=O)N3CCCCC3)cc2)cc1S(=O)(=O)Nc1ccccc1. The Morgan fingerprint density at radius 2 is 1.58 bits per heavy atom. The van der Waals surface area contributed by atoms with E-state index >= 15 is 0 Å². The number of nitrogens with one attached hydrogen (secondary N) is 2. The number of hydrogen-bond donors (Lipinski definition) is 2. The highest BCUT2D eigenvalue weighted by Crippen LogP contribution is 2.23. The molecule has 3 aromatic rings. The molecule has 1 amide bonds. The largest absolute Gasteiger partial charge is 0.492 e. The highest BCUT2D eigenvalue weighted by Gasteiger charge is 2.25. The molecule has 0 aliphatic carbocycles. The Morgan fingerprint density at radius 3 is 2.26 bits per heavy atom. The lowest BCUT2D eigenvalue weighted by Crippen LogP contribution is -2.35. The monoisotopic (exact) mass is 557 g/mol. The lowest BCUT2D eigenvalue weighted by Gasteiger charge is -2.25. The number of anilines is 1. The van der Waals surface area contributed by atoms with Crippen molar-refractivity contribution in [2.75, 3.05) is 31.0 Å². The molecule has 0 unspecified atom stereocenters. The molecule has 3 aromatic carbocycles. The Hall–Kier alpha value is -3.41. The lowest BCUT2D eigenvalue weighted by atomic mass is 10.1. The van der Waals surface area contributed by atoms with E-state index in [0.717, 1.165) is 19.3 Å². The Bertz CT molecular complexity index is 1470. The van der Waals surface area contributed by atoms with Crippen LogP contribution in [0.5, 0.6) is 5.75 Å². The average Bonchev–Trinajstić information content (AvgIpc) is 2.92. The Labute approximate surface area is 223 Å². The molecule has 0 atom stereocenters.